The first-order valence-corrected chi connectivity index (χ1v) is 10.2. The van der Waals surface area contributed by atoms with Crippen LogP contribution in [-0.4, -0.2) is 31.7 Å². The minimum Gasteiger partial charge on any atom is -0.356 e. The van der Waals surface area contributed by atoms with Gasteiger partial charge in [0.1, 0.15) is 0 Å². The van der Waals surface area contributed by atoms with E-state index >= 15 is 0 Å². The first-order valence-electron chi connectivity index (χ1n) is 8.96. The molecule has 0 saturated carbocycles. The van der Waals surface area contributed by atoms with Crippen LogP contribution in [0.4, 0.5) is 5.69 Å². The molecular formula is C21H29IN4OS. The van der Waals surface area contributed by atoms with Crippen molar-refractivity contribution in [3.63, 3.8) is 0 Å². The van der Waals surface area contributed by atoms with E-state index in [1.54, 1.807) is 18.8 Å². The fourth-order valence-corrected chi connectivity index (χ4v) is 3.39. The molecule has 0 aliphatic carbocycles. The van der Waals surface area contributed by atoms with E-state index in [1.807, 2.05) is 24.3 Å². The van der Waals surface area contributed by atoms with Gasteiger partial charge < -0.3 is 16.0 Å². The van der Waals surface area contributed by atoms with Crippen molar-refractivity contribution in [3.05, 3.63) is 59.2 Å². The number of amides is 1. The lowest BCUT2D eigenvalue weighted by Crippen LogP contribution is -2.37. The number of anilines is 1. The van der Waals surface area contributed by atoms with E-state index in [2.05, 4.69) is 52.3 Å². The first kappa shape index (κ1) is 24.3. The van der Waals surface area contributed by atoms with Crippen LogP contribution in [0.1, 0.15) is 23.6 Å². The van der Waals surface area contributed by atoms with E-state index in [1.165, 1.54) is 28.5 Å². The Kier molecular flexibility index (Phi) is 11.0. The zero-order valence-corrected chi connectivity index (χ0v) is 20.0. The van der Waals surface area contributed by atoms with E-state index in [4.69, 9.17) is 0 Å². The van der Waals surface area contributed by atoms with Crippen molar-refractivity contribution in [2.24, 2.45) is 4.99 Å². The average Bonchev–Trinajstić information content (AvgIpc) is 2.66. The summed E-state index contributed by atoms with van der Waals surface area (Å²) in [6, 6.07) is 14.4. The van der Waals surface area contributed by atoms with E-state index in [0.29, 0.717) is 0 Å². The van der Waals surface area contributed by atoms with Gasteiger partial charge in [-0.1, -0.05) is 24.3 Å². The van der Waals surface area contributed by atoms with Crippen LogP contribution in [0.15, 0.2) is 52.4 Å². The number of rotatable bonds is 7. The van der Waals surface area contributed by atoms with Gasteiger partial charge in [0.25, 0.3) is 0 Å². The summed E-state index contributed by atoms with van der Waals surface area (Å²) in [7, 11) is 1.78. The fourth-order valence-electron chi connectivity index (χ4n) is 2.68. The van der Waals surface area contributed by atoms with Crippen LogP contribution in [0.25, 0.3) is 0 Å². The summed E-state index contributed by atoms with van der Waals surface area (Å²) in [5, 5.41) is 9.50. The SMILES string of the molecule is CN=C(NCCc1ccc(NC(C)=O)cc1)NCc1ccc(C)cc1SC.I. The van der Waals surface area contributed by atoms with Gasteiger partial charge in [-0.25, -0.2) is 0 Å². The normalized spacial score (nSPS) is 10.8. The molecule has 5 nitrogen and oxygen atoms in total. The number of halogens is 1. The molecule has 2 aromatic rings. The number of nitrogens with one attached hydrogen (secondary N) is 3. The van der Waals surface area contributed by atoms with Gasteiger partial charge in [0.05, 0.1) is 0 Å². The average molecular weight is 512 g/mol. The number of hydrogen-bond donors (Lipinski definition) is 3. The summed E-state index contributed by atoms with van der Waals surface area (Å²) in [6.45, 7) is 5.14. The number of carbonyl (C=O) groups is 1. The Morgan fingerprint density at radius 3 is 2.43 bits per heavy atom. The predicted molar refractivity (Wildman–Crippen MR) is 131 cm³/mol. The van der Waals surface area contributed by atoms with Crippen LogP contribution in [-0.2, 0) is 17.8 Å². The fraction of sp³-hybridized carbons (Fsp3) is 0.333. The molecule has 0 unspecified atom stereocenters. The van der Waals surface area contributed by atoms with Gasteiger partial charge in [-0.2, -0.15) is 0 Å². The standard InChI is InChI=1S/C21H28N4OS.HI/c1-15-5-8-18(20(13-15)27-4)14-24-21(22-3)23-12-11-17-6-9-19(10-7-17)25-16(2)26;/h5-10,13H,11-12,14H2,1-4H3,(H,25,26)(H2,22,23,24);1H. The second kappa shape index (κ2) is 12.7. The number of aryl methyl sites for hydroxylation is 1. The molecule has 152 valence electrons. The second-order valence-corrected chi connectivity index (χ2v) is 7.14. The molecule has 0 saturated heterocycles. The van der Waals surface area contributed by atoms with Gasteiger partial charge in [0.15, 0.2) is 5.96 Å². The van der Waals surface area contributed by atoms with Crippen molar-refractivity contribution in [3.8, 4) is 0 Å². The molecule has 0 heterocycles. The number of thioether (sulfide) groups is 1. The van der Waals surface area contributed by atoms with Crippen LogP contribution in [0.3, 0.4) is 0 Å². The molecule has 0 atom stereocenters. The van der Waals surface area contributed by atoms with E-state index in [-0.39, 0.29) is 29.9 Å². The molecule has 2 rings (SSSR count). The van der Waals surface area contributed by atoms with Crippen LogP contribution in [0, 0.1) is 6.92 Å². The van der Waals surface area contributed by atoms with Gasteiger partial charge in [-0.3, -0.25) is 9.79 Å². The summed E-state index contributed by atoms with van der Waals surface area (Å²) in [4.78, 5) is 16.6. The molecule has 0 radical (unpaired) electrons. The Morgan fingerprint density at radius 1 is 1.11 bits per heavy atom. The minimum atomic E-state index is -0.0579. The predicted octanol–water partition coefficient (Wildman–Crippen LogP) is 4.20. The van der Waals surface area contributed by atoms with Gasteiger partial charge in [0.2, 0.25) is 5.91 Å². The van der Waals surface area contributed by atoms with Crippen molar-refractivity contribution >= 4 is 53.3 Å². The molecule has 2 aromatic carbocycles. The third kappa shape index (κ3) is 8.10. The number of guanidine groups is 1. The zero-order chi connectivity index (χ0) is 19.6. The Hall–Kier alpha value is -1.74. The molecule has 7 heteroatoms. The Bertz CT molecular complexity index is 793. The number of aliphatic imine (C=N–C) groups is 1. The highest BCUT2D eigenvalue weighted by atomic mass is 127. The molecule has 3 N–H and O–H groups in total. The number of carbonyl (C=O) groups excluding carboxylic acids is 1. The van der Waals surface area contributed by atoms with E-state index in [9.17, 15) is 4.79 Å². The molecule has 0 fully saturated rings. The molecule has 0 spiro atoms. The summed E-state index contributed by atoms with van der Waals surface area (Å²) in [5.41, 5.74) is 4.56. The van der Waals surface area contributed by atoms with Crippen LogP contribution in [0.2, 0.25) is 0 Å². The van der Waals surface area contributed by atoms with E-state index in [0.717, 1.165) is 31.2 Å². The largest absolute Gasteiger partial charge is 0.356 e. The van der Waals surface area contributed by atoms with Crippen LogP contribution in [0.5, 0.6) is 0 Å². The minimum absolute atomic E-state index is 0. The van der Waals surface area contributed by atoms with Gasteiger partial charge in [0, 0.05) is 37.6 Å². The molecule has 0 bridgehead atoms. The Labute approximate surface area is 189 Å². The van der Waals surface area contributed by atoms with Crippen LogP contribution < -0.4 is 16.0 Å². The number of hydrogen-bond acceptors (Lipinski definition) is 3. The molecular weight excluding hydrogens is 483 g/mol. The maximum absolute atomic E-state index is 11.1. The van der Waals surface area contributed by atoms with Gasteiger partial charge >= 0.3 is 0 Å². The summed E-state index contributed by atoms with van der Waals surface area (Å²) >= 11 is 1.76. The van der Waals surface area contributed by atoms with E-state index < -0.39 is 0 Å². The monoisotopic (exact) mass is 512 g/mol. The zero-order valence-electron chi connectivity index (χ0n) is 16.8. The maximum atomic E-state index is 11.1. The lowest BCUT2D eigenvalue weighted by Gasteiger charge is -2.14. The second-order valence-electron chi connectivity index (χ2n) is 6.30. The third-order valence-corrected chi connectivity index (χ3v) is 4.91. The third-order valence-electron chi connectivity index (χ3n) is 4.09. The number of nitrogens with zero attached hydrogens (tertiary/aromatic N) is 1. The molecule has 0 aliphatic heterocycles. The smallest absolute Gasteiger partial charge is 0.221 e. The lowest BCUT2D eigenvalue weighted by molar-refractivity contribution is -0.114. The lowest BCUT2D eigenvalue weighted by atomic mass is 10.1. The first-order chi connectivity index (χ1) is 13.0. The Morgan fingerprint density at radius 2 is 1.82 bits per heavy atom. The van der Waals surface area contributed by atoms with Crippen molar-refractivity contribution < 1.29 is 4.79 Å². The molecule has 0 aromatic heterocycles. The number of benzene rings is 2. The summed E-state index contributed by atoms with van der Waals surface area (Å²) in [6.07, 6.45) is 2.98. The van der Waals surface area contributed by atoms with Gasteiger partial charge in [-0.05, 0) is 54.5 Å². The molecule has 0 aliphatic rings. The highest BCUT2D eigenvalue weighted by Gasteiger charge is 2.04. The summed E-state index contributed by atoms with van der Waals surface area (Å²) in [5.74, 6) is 0.731. The van der Waals surface area contributed by atoms with Crippen molar-refractivity contribution in [1.29, 1.82) is 0 Å². The van der Waals surface area contributed by atoms with Crippen molar-refractivity contribution in [1.82, 2.24) is 10.6 Å². The van der Waals surface area contributed by atoms with Crippen molar-refractivity contribution in [2.45, 2.75) is 31.7 Å². The quantitative estimate of drug-likeness (QED) is 0.225. The highest BCUT2D eigenvalue weighted by Crippen LogP contribution is 2.21. The highest BCUT2D eigenvalue weighted by molar-refractivity contribution is 14.0. The molecule has 1 amide bonds. The summed E-state index contributed by atoms with van der Waals surface area (Å²) < 4.78 is 0. The molecule has 28 heavy (non-hydrogen) atoms. The maximum Gasteiger partial charge on any atom is 0.221 e. The van der Waals surface area contributed by atoms with Crippen molar-refractivity contribution in [2.75, 3.05) is 25.2 Å². The Balaban J connectivity index is 0.00000392. The van der Waals surface area contributed by atoms with Crippen LogP contribution >= 0.6 is 35.7 Å². The van der Waals surface area contributed by atoms with Gasteiger partial charge in [-0.15, -0.1) is 35.7 Å². The topological polar surface area (TPSA) is 65.5 Å².